The standard InChI is InChI=1S/C23H35N3O4/c1-23(2,3)30-22(29)26-11-8-18(9-12-26)7-10-24-13-15-25(16-14-24)20-6-4-5-19(17-20)21(27)28/h4-6,17-18H,7-16H2,1-3H3,(H,27,28). The second-order valence-electron chi connectivity index (χ2n) is 9.38. The van der Waals surface area contributed by atoms with Crippen LogP contribution < -0.4 is 4.90 Å². The van der Waals surface area contributed by atoms with Crippen molar-refractivity contribution in [3.63, 3.8) is 0 Å². The summed E-state index contributed by atoms with van der Waals surface area (Å²) >= 11 is 0. The van der Waals surface area contributed by atoms with Crippen LogP contribution in [0.4, 0.5) is 10.5 Å². The molecule has 1 amide bonds. The quantitative estimate of drug-likeness (QED) is 0.790. The molecule has 2 fully saturated rings. The molecule has 0 aliphatic carbocycles. The summed E-state index contributed by atoms with van der Waals surface area (Å²) in [6.45, 7) is 12.2. The lowest BCUT2D eigenvalue weighted by molar-refractivity contribution is 0.0177. The summed E-state index contributed by atoms with van der Waals surface area (Å²) in [5.41, 5.74) is 0.891. The highest BCUT2D eigenvalue weighted by molar-refractivity contribution is 5.88. The molecule has 7 nitrogen and oxygen atoms in total. The van der Waals surface area contributed by atoms with Gasteiger partial charge in [-0.2, -0.15) is 0 Å². The molecule has 2 aliphatic rings. The van der Waals surface area contributed by atoms with Gasteiger partial charge in [-0.05, 0) is 70.7 Å². The molecular formula is C23H35N3O4. The van der Waals surface area contributed by atoms with Crippen molar-refractivity contribution in [1.82, 2.24) is 9.80 Å². The number of aromatic carboxylic acids is 1. The summed E-state index contributed by atoms with van der Waals surface area (Å²) in [6, 6.07) is 7.20. The van der Waals surface area contributed by atoms with Crippen LogP contribution in [0.25, 0.3) is 0 Å². The zero-order valence-electron chi connectivity index (χ0n) is 18.5. The number of rotatable bonds is 5. The third kappa shape index (κ3) is 6.36. The normalized spacial score (nSPS) is 19.0. The molecule has 2 saturated heterocycles. The fourth-order valence-corrected chi connectivity index (χ4v) is 4.16. The predicted molar refractivity (Wildman–Crippen MR) is 117 cm³/mol. The van der Waals surface area contributed by atoms with E-state index in [-0.39, 0.29) is 6.09 Å². The van der Waals surface area contributed by atoms with Gasteiger partial charge in [0, 0.05) is 45.0 Å². The average Bonchev–Trinajstić information content (AvgIpc) is 2.72. The van der Waals surface area contributed by atoms with E-state index >= 15 is 0 Å². The fraction of sp³-hybridized carbons (Fsp3) is 0.652. The number of benzene rings is 1. The van der Waals surface area contributed by atoms with Gasteiger partial charge in [-0.15, -0.1) is 0 Å². The molecule has 0 bridgehead atoms. The second kappa shape index (κ2) is 9.69. The number of carboxylic acids is 1. The third-order valence-corrected chi connectivity index (χ3v) is 5.95. The lowest BCUT2D eigenvalue weighted by Crippen LogP contribution is -2.47. The summed E-state index contributed by atoms with van der Waals surface area (Å²) in [6.07, 6.45) is 3.06. The van der Waals surface area contributed by atoms with E-state index in [2.05, 4.69) is 9.80 Å². The Kier molecular flexibility index (Phi) is 7.23. The Labute approximate surface area is 179 Å². The summed E-state index contributed by atoms with van der Waals surface area (Å²) in [7, 11) is 0. The number of piperidine rings is 1. The van der Waals surface area contributed by atoms with E-state index in [9.17, 15) is 14.7 Å². The van der Waals surface area contributed by atoms with Crippen molar-refractivity contribution < 1.29 is 19.4 Å². The monoisotopic (exact) mass is 417 g/mol. The Morgan fingerprint density at radius 1 is 1.07 bits per heavy atom. The van der Waals surface area contributed by atoms with E-state index in [0.717, 1.165) is 70.8 Å². The molecule has 1 aromatic carbocycles. The molecule has 1 aromatic rings. The molecule has 0 saturated carbocycles. The van der Waals surface area contributed by atoms with Gasteiger partial charge < -0.3 is 19.6 Å². The first kappa shape index (κ1) is 22.4. The van der Waals surface area contributed by atoms with Crippen LogP contribution in [0, 0.1) is 5.92 Å². The van der Waals surface area contributed by atoms with E-state index in [0.29, 0.717) is 11.5 Å². The summed E-state index contributed by atoms with van der Waals surface area (Å²) in [5, 5.41) is 9.18. The number of hydrogen-bond acceptors (Lipinski definition) is 5. The predicted octanol–water partition coefficient (Wildman–Crippen LogP) is 3.54. The smallest absolute Gasteiger partial charge is 0.410 e. The molecule has 3 rings (SSSR count). The Balaban J connectivity index is 1.37. The molecule has 0 unspecified atom stereocenters. The molecule has 1 N–H and O–H groups in total. The molecule has 0 radical (unpaired) electrons. The molecule has 0 spiro atoms. The third-order valence-electron chi connectivity index (χ3n) is 5.95. The number of carboxylic acid groups (broad SMARTS) is 1. The molecule has 0 aromatic heterocycles. The number of piperazine rings is 1. The summed E-state index contributed by atoms with van der Waals surface area (Å²) in [5.74, 6) is -0.220. The van der Waals surface area contributed by atoms with Crippen molar-refractivity contribution in [3.05, 3.63) is 29.8 Å². The first-order chi connectivity index (χ1) is 14.2. The SMILES string of the molecule is CC(C)(C)OC(=O)N1CCC(CCN2CCN(c3cccc(C(=O)O)c3)CC2)CC1. The maximum Gasteiger partial charge on any atom is 0.410 e. The molecule has 166 valence electrons. The number of likely N-dealkylation sites (tertiary alicyclic amines) is 1. The minimum absolute atomic E-state index is 0.191. The molecule has 2 aliphatic heterocycles. The molecule has 30 heavy (non-hydrogen) atoms. The highest BCUT2D eigenvalue weighted by atomic mass is 16.6. The first-order valence-corrected chi connectivity index (χ1v) is 11.0. The van der Waals surface area contributed by atoms with Gasteiger partial charge in [-0.3, -0.25) is 4.90 Å². The second-order valence-corrected chi connectivity index (χ2v) is 9.38. The Morgan fingerprint density at radius 3 is 2.33 bits per heavy atom. The van der Waals surface area contributed by atoms with Gasteiger partial charge in [0.25, 0.3) is 0 Å². The Bertz CT molecular complexity index is 730. The topological polar surface area (TPSA) is 73.3 Å². The van der Waals surface area contributed by atoms with Crippen molar-refractivity contribution in [1.29, 1.82) is 0 Å². The minimum atomic E-state index is -0.881. The fourth-order valence-electron chi connectivity index (χ4n) is 4.16. The van der Waals surface area contributed by atoms with Gasteiger partial charge in [0.05, 0.1) is 5.56 Å². The van der Waals surface area contributed by atoms with E-state index in [1.165, 1.54) is 0 Å². The van der Waals surface area contributed by atoms with E-state index in [1.807, 2.05) is 37.8 Å². The van der Waals surface area contributed by atoms with Crippen molar-refractivity contribution in [2.75, 3.05) is 50.7 Å². The lowest BCUT2D eigenvalue weighted by atomic mass is 9.93. The van der Waals surface area contributed by atoms with Gasteiger partial charge in [0.1, 0.15) is 5.60 Å². The van der Waals surface area contributed by atoms with E-state index in [1.54, 1.807) is 12.1 Å². The number of amides is 1. The maximum absolute atomic E-state index is 12.2. The molecule has 7 heteroatoms. The van der Waals surface area contributed by atoms with Crippen LogP contribution in [-0.2, 0) is 4.74 Å². The Hall–Kier alpha value is -2.28. The molecular weight excluding hydrogens is 382 g/mol. The molecule has 0 atom stereocenters. The van der Waals surface area contributed by atoms with Gasteiger partial charge in [-0.25, -0.2) is 9.59 Å². The highest BCUT2D eigenvalue weighted by Crippen LogP contribution is 2.23. The molecule has 2 heterocycles. The van der Waals surface area contributed by atoms with Gasteiger partial charge in [0.15, 0.2) is 0 Å². The van der Waals surface area contributed by atoms with Crippen LogP contribution in [0.1, 0.15) is 50.4 Å². The average molecular weight is 418 g/mol. The maximum atomic E-state index is 12.2. The number of hydrogen-bond donors (Lipinski definition) is 1. The van der Waals surface area contributed by atoms with Crippen molar-refractivity contribution >= 4 is 17.7 Å². The number of ether oxygens (including phenoxy) is 1. The summed E-state index contributed by atoms with van der Waals surface area (Å²) < 4.78 is 5.48. The minimum Gasteiger partial charge on any atom is -0.478 e. The van der Waals surface area contributed by atoms with Gasteiger partial charge in [-0.1, -0.05) is 6.07 Å². The zero-order valence-corrected chi connectivity index (χ0v) is 18.5. The van der Waals surface area contributed by atoms with Gasteiger partial charge >= 0.3 is 12.1 Å². The first-order valence-electron chi connectivity index (χ1n) is 11.0. The van der Waals surface area contributed by atoms with Crippen molar-refractivity contribution in [2.45, 2.75) is 45.6 Å². The van der Waals surface area contributed by atoms with Crippen LogP contribution in [0.5, 0.6) is 0 Å². The van der Waals surface area contributed by atoms with Crippen LogP contribution in [-0.4, -0.2) is 78.4 Å². The van der Waals surface area contributed by atoms with E-state index in [4.69, 9.17) is 4.74 Å². The largest absolute Gasteiger partial charge is 0.478 e. The van der Waals surface area contributed by atoms with Crippen molar-refractivity contribution in [3.8, 4) is 0 Å². The van der Waals surface area contributed by atoms with Crippen LogP contribution >= 0.6 is 0 Å². The van der Waals surface area contributed by atoms with Gasteiger partial charge in [0.2, 0.25) is 0 Å². The van der Waals surface area contributed by atoms with E-state index < -0.39 is 11.6 Å². The van der Waals surface area contributed by atoms with Crippen LogP contribution in [0.2, 0.25) is 0 Å². The number of anilines is 1. The van der Waals surface area contributed by atoms with Crippen molar-refractivity contribution in [2.24, 2.45) is 5.92 Å². The van der Waals surface area contributed by atoms with Crippen LogP contribution in [0.15, 0.2) is 24.3 Å². The Morgan fingerprint density at radius 2 is 1.73 bits per heavy atom. The van der Waals surface area contributed by atoms with Crippen LogP contribution in [0.3, 0.4) is 0 Å². The zero-order chi connectivity index (χ0) is 21.7. The highest BCUT2D eigenvalue weighted by Gasteiger charge is 2.27. The summed E-state index contributed by atoms with van der Waals surface area (Å²) in [4.78, 5) is 30.0. The number of nitrogens with zero attached hydrogens (tertiary/aromatic N) is 3. The number of carbonyl (C=O) groups is 2. The lowest BCUT2D eigenvalue weighted by Gasteiger charge is -2.38. The number of carbonyl (C=O) groups excluding carboxylic acids is 1.